The summed E-state index contributed by atoms with van der Waals surface area (Å²) in [6, 6.07) is 11.6. The number of halogens is 2. The third-order valence-corrected chi connectivity index (χ3v) is 3.48. The van der Waals surface area contributed by atoms with E-state index in [0.29, 0.717) is 16.3 Å². The van der Waals surface area contributed by atoms with Crippen molar-refractivity contribution in [2.75, 3.05) is 5.43 Å². The first-order valence-corrected chi connectivity index (χ1v) is 7.38. The smallest absolute Gasteiger partial charge is 0.271 e. The summed E-state index contributed by atoms with van der Waals surface area (Å²) in [6.07, 6.45) is 4.40. The molecule has 0 aliphatic rings. The number of hydrazine groups is 1. The molecule has 0 spiro atoms. The Morgan fingerprint density at radius 3 is 2.50 bits per heavy atom. The van der Waals surface area contributed by atoms with Gasteiger partial charge in [0.25, 0.3) is 5.91 Å². The van der Waals surface area contributed by atoms with Crippen molar-refractivity contribution in [3.8, 4) is 11.1 Å². The molecule has 2 N–H and O–H groups in total. The summed E-state index contributed by atoms with van der Waals surface area (Å²) < 4.78 is 12.7. The number of benzene rings is 1. The highest BCUT2D eigenvalue weighted by molar-refractivity contribution is 6.30. The Morgan fingerprint density at radius 2 is 1.79 bits per heavy atom. The van der Waals surface area contributed by atoms with Crippen LogP contribution in [0.4, 0.5) is 10.1 Å². The molecule has 3 aromatic rings. The largest absolute Gasteiger partial charge is 0.297 e. The van der Waals surface area contributed by atoms with Gasteiger partial charge in [-0.05, 0) is 35.9 Å². The zero-order valence-corrected chi connectivity index (χ0v) is 13.1. The Labute approximate surface area is 142 Å². The second kappa shape index (κ2) is 7.06. The van der Waals surface area contributed by atoms with Gasteiger partial charge in [0.1, 0.15) is 0 Å². The Balaban J connectivity index is 1.72. The van der Waals surface area contributed by atoms with E-state index in [0.717, 1.165) is 11.1 Å². The number of aromatic nitrogens is 2. The molecule has 0 aliphatic heterocycles. The predicted molar refractivity (Wildman–Crippen MR) is 90.0 cm³/mol. The number of nitrogens with one attached hydrogen (secondary N) is 2. The fourth-order valence-electron chi connectivity index (χ4n) is 2.02. The summed E-state index contributed by atoms with van der Waals surface area (Å²) in [4.78, 5) is 19.8. The molecule has 0 aliphatic carbocycles. The van der Waals surface area contributed by atoms with Crippen LogP contribution in [0.2, 0.25) is 5.02 Å². The summed E-state index contributed by atoms with van der Waals surface area (Å²) in [5.74, 6) is -0.964. The number of carbonyl (C=O) groups is 1. The van der Waals surface area contributed by atoms with Gasteiger partial charge in [0.05, 0.1) is 17.4 Å². The highest BCUT2D eigenvalue weighted by atomic mass is 35.5. The van der Waals surface area contributed by atoms with E-state index in [1.54, 1.807) is 24.4 Å². The number of rotatable bonds is 4. The summed E-state index contributed by atoms with van der Waals surface area (Å²) in [7, 11) is 0. The fraction of sp³-hybridized carbons (Fsp3) is 0. The molecule has 0 bridgehead atoms. The Kier molecular flexibility index (Phi) is 4.67. The summed E-state index contributed by atoms with van der Waals surface area (Å²) in [5.41, 5.74) is 7.71. The van der Waals surface area contributed by atoms with Gasteiger partial charge in [0, 0.05) is 23.0 Å². The van der Waals surface area contributed by atoms with E-state index in [2.05, 4.69) is 20.8 Å². The molecule has 0 unspecified atom stereocenters. The molecule has 2 heterocycles. The number of amides is 1. The van der Waals surface area contributed by atoms with Gasteiger partial charge in [-0.25, -0.2) is 4.98 Å². The highest BCUT2D eigenvalue weighted by Gasteiger charge is 2.08. The molecule has 0 fully saturated rings. The van der Waals surface area contributed by atoms with Crippen molar-refractivity contribution in [2.24, 2.45) is 0 Å². The molecule has 120 valence electrons. The molecule has 7 heteroatoms. The van der Waals surface area contributed by atoms with Crippen LogP contribution < -0.4 is 10.9 Å². The number of carbonyl (C=O) groups excluding carboxylic acids is 1. The van der Waals surface area contributed by atoms with E-state index in [1.807, 2.05) is 12.1 Å². The van der Waals surface area contributed by atoms with Crippen LogP contribution in [0.1, 0.15) is 10.4 Å². The van der Waals surface area contributed by atoms with E-state index in [-0.39, 0.29) is 5.91 Å². The average molecular weight is 343 g/mol. The first kappa shape index (κ1) is 15.9. The molecular weight excluding hydrogens is 331 g/mol. The number of nitrogens with zero attached hydrogens (tertiary/aromatic N) is 2. The van der Waals surface area contributed by atoms with Crippen molar-refractivity contribution in [1.29, 1.82) is 0 Å². The Bertz CT molecular complexity index is 853. The molecule has 1 aromatic carbocycles. The maximum atomic E-state index is 12.7. The zero-order chi connectivity index (χ0) is 16.9. The summed E-state index contributed by atoms with van der Waals surface area (Å²) >= 11 is 5.87. The van der Waals surface area contributed by atoms with Crippen LogP contribution in [-0.4, -0.2) is 15.9 Å². The van der Waals surface area contributed by atoms with Gasteiger partial charge in [0.15, 0.2) is 0 Å². The van der Waals surface area contributed by atoms with Crippen LogP contribution in [0, 0.1) is 5.95 Å². The van der Waals surface area contributed by atoms with Crippen molar-refractivity contribution in [1.82, 2.24) is 15.4 Å². The van der Waals surface area contributed by atoms with Crippen molar-refractivity contribution in [2.45, 2.75) is 0 Å². The zero-order valence-electron chi connectivity index (χ0n) is 12.3. The second-order valence-corrected chi connectivity index (χ2v) is 5.35. The maximum absolute atomic E-state index is 12.7. The fourth-order valence-corrected chi connectivity index (χ4v) is 2.14. The Morgan fingerprint density at radius 1 is 1.00 bits per heavy atom. The lowest BCUT2D eigenvalue weighted by Gasteiger charge is -2.09. The molecule has 5 nitrogen and oxygen atoms in total. The van der Waals surface area contributed by atoms with E-state index in [4.69, 9.17) is 11.6 Å². The van der Waals surface area contributed by atoms with Gasteiger partial charge in [0.2, 0.25) is 5.95 Å². The molecule has 24 heavy (non-hydrogen) atoms. The molecule has 0 radical (unpaired) electrons. The van der Waals surface area contributed by atoms with Crippen LogP contribution in [-0.2, 0) is 0 Å². The van der Waals surface area contributed by atoms with Crippen LogP contribution in [0.5, 0.6) is 0 Å². The van der Waals surface area contributed by atoms with E-state index in [9.17, 15) is 9.18 Å². The van der Waals surface area contributed by atoms with Crippen molar-refractivity contribution < 1.29 is 9.18 Å². The normalized spacial score (nSPS) is 10.2. The second-order valence-electron chi connectivity index (χ2n) is 4.92. The van der Waals surface area contributed by atoms with Gasteiger partial charge >= 0.3 is 0 Å². The van der Waals surface area contributed by atoms with Gasteiger partial charge in [-0.2, -0.15) is 4.39 Å². The van der Waals surface area contributed by atoms with Crippen LogP contribution >= 0.6 is 11.6 Å². The minimum absolute atomic E-state index is 0.373. The first-order chi connectivity index (χ1) is 11.6. The highest BCUT2D eigenvalue weighted by Crippen LogP contribution is 2.21. The summed E-state index contributed by atoms with van der Waals surface area (Å²) in [6.45, 7) is 0. The molecule has 0 atom stereocenters. The molecule has 0 saturated heterocycles. The first-order valence-electron chi connectivity index (χ1n) is 7.01. The molecule has 0 saturated carbocycles. The average Bonchev–Trinajstić information content (AvgIpc) is 2.62. The van der Waals surface area contributed by atoms with Crippen molar-refractivity contribution >= 4 is 23.2 Å². The molecule has 3 rings (SSSR count). The van der Waals surface area contributed by atoms with Gasteiger partial charge in [-0.15, -0.1) is 0 Å². The number of anilines is 1. The Hall–Kier alpha value is -2.99. The topological polar surface area (TPSA) is 66.9 Å². The lowest BCUT2D eigenvalue weighted by atomic mass is 10.1. The third kappa shape index (κ3) is 3.85. The lowest BCUT2D eigenvalue weighted by Crippen LogP contribution is -2.29. The van der Waals surface area contributed by atoms with Gasteiger partial charge in [-0.3, -0.25) is 20.6 Å². The molecule has 2 aromatic heterocycles. The number of hydrogen-bond acceptors (Lipinski definition) is 4. The minimum Gasteiger partial charge on any atom is -0.297 e. The van der Waals surface area contributed by atoms with Crippen molar-refractivity contribution in [3.63, 3.8) is 0 Å². The quantitative estimate of drug-likeness (QED) is 0.560. The molecule has 1 amide bonds. The summed E-state index contributed by atoms with van der Waals surface area (Å²) in [5, 5.41) is 0.637. The van der Waals surface area contributed by atoms with Crippen molar-refractivity contribution in [3.05, 3.63) is 77.6 Å². The number of hydrogen-bond donors (Lipinski definition) is 2. The van der Waals surface area contributed by atoms with Crippen LogP contribution in [0.15, 0.2) is 61.1 Å². The lowest BCUT2D eigenvalue weighted by molar-refractivity contribution is 0.0962. The van der Waals surface area contributed by atoms with Gasteiger partial charge in [-0.1, -0.05) is 23.7 Å². The minimum atomic E-state index is -0.591. The molecular formula is C17H12ClFN4O. The standard InChI is InChI=1S/C17H12ClFN4O/c18-14-3-1-11(2-4-14)12-7-13(9-20-8-12)17(24)23-22-15-5-6-16(19)21-10-15/h1-10,22H,(H,23,24). The SMILES string of the molecule is O=C(NNc1ccc(F)nc1)c1cncc(-c2ccc(Cl)cc2)c1. The third-order valence-electron chi connectivity index (χ3n) is 3.23. The van der Waals surface area contributed by atoms with Crippen LogP contribution in [0.25, 0.3) is 11.1 Å². The van der Waals surface area contributed by atoms with Crippen LogP contribution in [0.3, 0.4) is 0 Å². The number of pyridine rings is 2. The van der Waals surface area contributed by atoms with E-state index < -0.39 is 5.95 Å². The maximum Gasteiger partial charge on any atom is 0.271 e. The van der Waals surface area contributed by atoms with E-state index >= 15 is 0 Å². The van der Waals surface area contributed by atoms with Gasteiger partial charge < -0.3 is 0 Å². The van der Waals surface area contributed by atoms with E-state index in [1.165, 1.54) is 24.5 Å². The predicted octanol–water partition coefficient (Wildman–Crippen LogP) is 3.69. The monoisotopic (exact) mass is 342 g/mol.